The molecule has 0 saturated carbocycles. The van der Waals surface area contributed by atoms with Crippen molar-refractivity contribution in [2.75, 3.05) is 0 Å². The predicted octanol–water partition coefficient (Wildman–Crippen LogP) is 12.7. The van der Waals surface area contributed by atoms with E-state index in [1.54, 1.807) is 0 Å². The lowest BCUT2D eigenvalue weighted by Crippen LogP contribution is -2.01. The lowest BCUT2D eigenvalue weighted by molar-refractivity contribution is 1.08. The summed E-state index contributed by atoms with van der Waals surface area (Å²) in [5, 5.41) is 4.65. The van der Waals surface area contributed by atoms with E-state index in [4.69, 9.17) is 15.0 Å². The zero-order valence-electron chi connectivity index (χ0n) is 30.3. The summed E-state index contributed by atoms with van der Waals surface area (Å²) in [5.74, 6) is 1.89. The third-order valence-electron chi connectivity index (χ3n) is 10.8. The molecule has 3 aromatic heterocycles. The molecule has 11 rings (SSSR count). The Morgan fingerprint density at radius 1 is 0.321 bits per heavy atom. The molecule has 0 unspecified atom stereocenters. The maximum Gasteiger partial charge on any atom is 0.164 e. The molecule has 0 aliphatic carbocycles. The summed E-state index contributed by atoms with van der Waals surface area (Å²) in [6, 6.07) is 70.3. The molecule has 0 fully saturated rings. The van der Waals surface area contributed by atoms with Crippen LogP contribution in [0.5, 0.6) is 0 Å². The number of hydrogen-bond acceptors (Lipinski definition) is 3. The van der Waals surface area contributed by atoms with Gasteiger partial charge >= 0.3 is 0 Å². The van der Waals surface area contributed by atoms with Gasteiger partial charge in [0.15, 0.2) is 17.5 Å². The van der Waals surface area contributed by atoms with Crippen molar-refractivity contribution in [3.8, 4) is 56.7 Å². The molecule has 56 heavy (non-hydrogen) atoms. The summed E-state index contributed by atoms with van der Waals surface area (Å²) >= 11 is 0. The van der Waals surface area contributed by atoms with Gasteiger partial charge in [0, 0.05) is 43.9 Å². The Hall–Kier alpha value is -7.63. The van der Waals surface area contributed by atoms with E-state index >= 15 is 0 Å². The summed E-state index contributed by atoms with van der Waals surface area (Å²) in [4.78, 5) is 15.6. The molecule has 5 nitrogen and oxygen atoms in total. The first-order valence-corrected chi connectivity index (χ1v) is 18.9. The van der Waals surface area contributed by atoms with Crippen molar-refractivity contribution in [1.29, 1.82) is 0 Å². The van der Waals surface area contributed by atoms with Gasteiger partial charge in [-0.25, -0.2) is 15.0 Å². The summed E-state index contributed by atoms with van der Waals surface area (Å²) in [6.45, 7) is 0. The molecule has 5 heteroatoms. The summed E-state index contributed by atoms with van der Waals surface area (Å²) < 4.78 is 4.82. The summed E-state index contributed by atoms with van der Waals surface area (Å²) in [7, 11) is 0. The maximum absolute atomic E-state index is 5.27. The van der Waals surface area contributed by atoms with Gasteiger partial charge in [0.1, 0.15) is 0 Å². The zero-order chi connectivity index (χ0) is 37.0. The summed E-state index contributed by atoms with van der Waals surface area (Å²) in [6.07, 6.45) is 0. The molecule has 0 aliphatic rings. The van der Waals surface area contributed by atoms with Gasteiger partial charge in [0.2, 0.25) is 0 Å². The van der Waals surface area contributed by atoms with Crippen LogP contribution in [0, 0.1) is 0 Å². The summed E-state index contributed by atoms with van der Waals surface area (Å²) in [5.41, 5.74) is 11.8. The Morgan fingerprint density at radius 3 is 1.61 bits per heavy atom. The lowest BCUT2D eigenvalue weighted by atomic mass is 10.0. The molecule has 8 aromatic carbocycles. The van der Waals surface area contributed by atoms with Crippen molar-refractivity contribution in [1.82, 2.24) is 24.1 Å². The van der Waals surface area contributed by atoms with Crippen molar-refractivity contribution in [2.45, 2.75) is 0 Å². The van der Waals surface area contributed by atoms with Gasteiger partial charge in [-0.3, -0.25) is 0 Å². The topological polar surface area (TPSA) is 48.5 Å². The van der Waals surface area contributed by atoms with Crippen molar-refractivity contribution in [2.24, 2.45) is 0 Å². The molecule has 0 N–H and O–H groups in total. The number of rotatable bonds is 6. The monoisotopic (exact) mass is 715 g/mol. The van der Waals surface area contributed by atoms with Gasteiger partial charge < -0.3 is 9.13 Å². The Bertz CT molecular complexity index is 3240. The quantitative estimate of drug-likeness (QED) is 0.172. The number of para-hydroxylation sites is 4. The molecular weight excluding hydrogens is 683 g/mol. The van der Waals surface area contributed by atoms with Crippen molar-refractivity contribution >= 4 is 43.6 Å². The standard InChI is InChI=1S/C51H33N5/c1-4-17-34(18-5-1)36-21-14-22-37(33-36)50-52-49(35-19-6-2-7-20-35)53-51(54-50)42-28-16-31-45-47(42)41-26-11-13-30-44(41)56(45)46-32-15-27-40-39-25-10-12-29-43(39)55(48(40)46)38-23-8-3-9-24-38/h1-33H. The Balaban J connectivity index is 1.19. The lowest BCUT2D eigenvalue weighted by Gasteiger charge is -2.14. The number of hydrogen-bond donors (Lipinski definition) is 0. The predicted molar refractivity (Wildman–Crippen MR) is 230 cm³/mol. The number of benzene rings is 8. The molecule has 0 saturated heterocycles. The highest BCUT2D eigenvalue weighted by atomic mass is 15.1. The van der Waals surface area contributed by atoms with E-state index in [1.165, 1.54) is 16.3 Å². The van der Waals surface area contributed by atoms with Crippen LogP contribution < -0.4 is 0 Å². The van der Waals surface area contributed by atoms with Crippen molar-refractivity contribution in [3.05, 3.63) is 200 Å². The molecule has 0 radical (unpaired) electrons. The fourth-order valence-corrected chi connectivity index (χ4v) is 8.30. The Labute approximate surface area is 323 Å². The highest BCUT2D eigenvalue weighted by Crippen LogP contribution is 2.42. The third kappa shape index (κ3) is 5.13. The highest BCUT2D eigenvalue weighted by molar-refractivity contribution is 6.18. The van der Waals surface area contributed by atoms with Gasteiger partial charge in [-0.1, -0.05) is 158 Å². The van der Waals surface area contributed by atoms with Crippen LogP contribution in [0.25, 0.3) is 100 Å². The van der Waals surface area contributed by atoms with Gasteiger partial charge in [-0.05, 0) is 53.6 Å². The minimum Gasteiger partial charge on any atom is -0.307 e. The molecule has 0 spiro atoms. The highest BCUT2D eigenvalue weighted by Gasteiger charge is 2.23. The fourth-order valence-electron chi connectivity index (χ4n) is 8.30. The minimum atomic E-state index is 0.629. The molecule has 11 aromatic rings. The third-order valence-corrected chi connectivity index (χ3v) is 10.8. The smallest absolute Gasteiger partial charge is 0.164 e. The Morgan fingerprint density at radius 2 is 0.839 bits per heavy atom. The molecule has 0 amide bonds. The zero-order valence-corrected chi connectivity index (χ0v) is 30.3. The molecule has 0 aliphatic heterocycles. The fraction of sp³-hybridized carbons (Fsp3) is 0. The number of nitrogens with zero attached hydrogens (tertiary/aromatic N) is 5. The number of aromatic nitrogens is 5. The molecule has 0 bridgehead atoms. The van der Waals surface area contributed by atoms with Crippen LogP contribution in [0.1, 0.15) is 0 Å². The largest absolute Gasteiger partial charge is 0.307 e. The van der Waals surface area contributed by atoms with Crippen molar-refractivity contribution in [3.63, 3.8) is 0 Å². The van der Waals surface area contributed by atoms with Gasteiger partial charge in [0.25, 0.3) is 0 Å². The van der Waals surface area contributed by atoms with E-state index in [0.717, 1.165) is 66.5 Å². The second-order valence-electron chi connectivity index (χ2n) is 14.0. The Kier molecular flexibility index (Phi) is 7.42. The van der Waals surface area contributed by atoms with Crippen LogP contribution in [0.3, 0.4) is 0 Å². The van der Waals surface area contributed by atoms with E-state index in [1.807, 2.05) is 24.3 Å². The van der Waals surface area contributed by atoms with E-state index in [0.29, 0.717) is 17.5 Å². The van der Waals surface area contributed by atoms with Crippen LogP contribution in [-0.2, 0) is 0 Å². The minimum absolute atomic E-state index is 0.629. The van der Waals surface area contributed by atoms with Crippen LogP contribution in [0.4, 0.5) is 0 Å². The average molecular weight is 716 g/mol. The van der Waals surface area contributed by atoms with Crippen molar-refractivity contribution < 1.29 is 0 Å². The normalized spacial score (nSPS) is 11.6. The van der Waals surface area contributed by atoms with Crippen LogP contribution in [0.2, 0.25) is 0 Å². The average Bonchev–Trinajstić information content (AvgIpc) is 3.81. The SMILES string of the molecule is c1ccc(-c2cccc(-c3nc(-c4ccccc4)nc(-c4cccc5c4c4ccccc4n5-c4cccc5c6ccccc6n(-c6ccccc6)c45)n3)c2)cc1. The van der Waals surface area contributed by atoms with E-state index < -0.39 is 0 Å². The first-order valence-electron chi connectivity index (χ1n) is 18.9. The van der Waals surface area contributed by atoms with E-state index in [2.05, 4.69) is 185 Å². The van der Waals surface area contributed by atoms with Crippen LogP contribution >= 0.6 is 0 Å². The molecule has 3 heterocycles. The molecule has 0 atom stereocenters. The maximum atomic E-state index is 5.27. The van der Waals surface area contributed by atoms with Gasteiger partial charge in [0.05, 0.1) is 27.8 Å². The second-order valence-corrected chi connectivity index (χ2v) is 14.0. The number of fused-ring (bicyclic) bond motifs is 6. The van der Waals surface area contributed by atoms with E-state index in [9.17, 15) is 0 Å². The first-order chi connectivity index (χ1) is 27.8. The molecular formula is C51H33N5. The van der Waals surface area contributed by atoms with Gasteiger partial charge in [-0.15, -0.1) is 0 Å². The van der Waals surface area contributed by atoms with Crippen LogP contribution in [0.15, 0.2) is 200 Å². The van der Waals surface area contributed by atoms with E-state index in [-0.39, 0.29) is 0 Å². The molecule has 262 valence electrons. The van der Waals surface area contributed by atoms with Gasteiger partial charge in [-0.2, -0.15) is 0 Å². The first kappa shape index (κ1) is 31.9. The second kappa shape index (κ2) is 13.0. The van der Waals surface area contributed by atoms with Crippen LogP contribution in [-0.4, -0.2) is 24.1 Å².